The number of hydrogen-bond donors (Lipinski definition) is 1. The van der Waals surface area contributed by atoms with Gasteiger partial charge in [-0.2, -0.15) is 4.98 Å². The third-order valence-corrected chi connectivity index (χ3v) is 5.07. The van der Waals surface area contributed by atoms with E-state index < -0.39 is 0 Å². The van der Waals surface area contributed by atoms with Crippen LogP contribution in [0.1, 0.15) is 12.3 Å². The number of anilines is 1. The summed E-state index contributed by atoms with van der Waals surface area (Å²) < 4.78 is 6.23. The maximum Gasteiger partial charge on any atom is 0.226 e. The molecule has 124 valence electrons. The number of thioether (sulfide) groups is 1. The van der Waals surface area contributed by atoms with Gasteiger partial charge in [-0.15, -0.1) is 16.8 Å². The largest absolute Gasteiger partial charge is 0.357 e. The van der Waals surface area contributed by atoms with Crippen molar-refractivity contribution in [3.63, 3.8) is 0 Å². The lowest BCUT2D eigenvalue weighted by atomic mass is 10.2. The number of nitrogens with one attached hydrogen (secondary N) is 1. The minimum atomic E-state index is 0.599. The van der Waals surface area contributed by atoms with E-state index in [-0.39, 0.29) is 0 Å². The van der Waals surface area contributed by atoms with Gasteiger partial charge in [-0.05, 0) is 18.6 Å². The smallest absolute Gasteiger partial charge is 0.226 e. The Kier molecular flexibility index (Phi) is 5.91. The van der Waals surface area contributed by atoms with Crippen LogP contribution in [0.15, 0.2) is 46.0 Å². The summed E-state index contributed by atoms with van der Waals surface area (Å²) in [5, 5.41) is 16.1. The molecule has 0 unspecified atom stereocenters. The highest BCUT2D eigenvalue weighted by Crippen LogP contribution is 2.26. The second-order valence-corrected chi connectivity index (χ2v) is 7.06. The average Bonchev–Trinajstić information content (AvgIpc) is 3.27. The monoisotopic (exact) mass is 360 g/mol. The van der Waals surface area contributed by atoms with Gasteiger partial charge >= 0.3 is 0 Å². The fourth-order valence-electron chi connectivity index (χ4n) is 1.86. The maximum atomic E-state index is 5.28. The first kappa shape index (κ1) is 16.6. The van der Waals surface area contributed by atoms with E-state index in [2.05, 4.69) is 37.2 Å². The molecule has 0 spiro atoms. The van der Waals surface area contributed by atoms with Gasteiger partial charge in [0.2, 0.25) is 16.8 Å². The zero-order chi connectivity index (χ0) is 16.6. The molecule has 0 saturated carbocycles. The van der Waals surface area contributed by atoms with E-state index in [0.29, 0.717) is 18.3 Å². The summed E-state index contributed by atoms with van der Waals surface area (Å²) in [4.78, 5) is 8.38. The Labute approximate surface area is 147 Å². The molecule has 24 heavy (non-hydrogen) atoms. The van der Waals surface area contributed by atoms with Crippen LogP contribution in [-0.2, 0) is 6.42 Å². The number of nitrogens with zero attached hydrogens (tertiary/aromatic N) is 5. The van der Waals surface area contributed by atoms with Crippen molar-refractivity contribution < 1.29 is 4.52 Å². The van der Waals surface area contributed by atoms with E-state index in [1.807, 2.05) is 12.1 Å². The lowest BCUT2D eigenvalue weighted by Crippen LogP contribution is -1.96. The first-order valence-corrected chi connectivity index (χ1v) is 9.19. The van der Waals surface area contributed by atoms with Gasteiger partial charge in [0, 0.05) is 36.7 Å². The van der Waals surface area contributed by atoms with Gasteiger partial charge < -0.3 is 9.84 Å². The van der Waals surface area contributed by atoms with Crippen LogP contribution in [0.3, 0.4) is 0 Å². The van der Waals surface area contributed by atoms with Gasteiger partial charge in [0.15, 0.2) is 4.34 Å². The number of aryl methyl sites for hydroxylation is 1. The second kappa shape index (κ2) is 8.55. The highest BCUT2D eigenvalue weighted by molar-refractivity contribution is 8.01. The number of hydrogen-bond acceptors (Lipinski definition) is 9. The minimum absolute atomic E-state index is 0.599. The van der Waals surface area contributed by atoms with Gasteiger partial charge in [-0.25, -0.2) is 0 Å². The molecule has 0 aliphatic carbocycles. The SMILES string of the molecule is C=CCNc1nnc(SCCCc2nc(-c3ccncc3)no2)s1. The minimum Gasteiger partial charge on any atom is -0.357 e. The van der Waals surface area contributed by atoms with E-state index in [1.165, 1.54) is 0 Å². The molecule has 0 aliphatic rings. The molecule has 3 rings (SSSR count). The Morgan fingerprint density at radius 3 is 3.00 bits per heavy atom. The summed E-state index contributed by atoms with van der Waals surface area (Å²) in [6.45, 7) is 4.35. The summed E-state index contributed by atoms with van der Waals surface area (Å²) in [6.07, 6.45) is 6.88. The zero-order valence-electron chi connectivity index (χ0n) is 12.9. The molecule has 0 saturated heterocycles. The van der Waals surface area contributed by atoms with Gasteiger partial charge in [0.25, 0.3) is 0 Å². The van der Waals surface area contributed by atoms with Crippen molar-refractivity contribution in [3.05, 3.63) is 43.1 Å². The molecule has 0 aliphatic heterocycles. The third-order valence-electron chi connectivity index (χ3n) is 2.97. The molecule has 0 bridgehead atoms. The van der Waals surface area contributed by atoms with Crippen LogP contribution in [0, 0.1) is 0 Å². The van der Waals surface area contributed by atoms with E-state index in [4.69, 9.17) is 4.52 Å². The van der Waals surface area contributed by atoms with Crippen LogP contribution in [-0.4, -0.2) is 37.6 Å². The average molecular weight is 360 g/mol. The van der Waals surface area contributed by atoms with Gasteiger partial charge in [-0.3, -0.25) is 4.98 Å². The van der Waals surface area contributed by atoms with Crippen molar-refractivity contribution in [3.8, 4) is 11.4 Å². The normalized spacial score (nSPS) is 10.7. The molecule has 0 amide bonds. The van der Waals surface area contributed by atoms with Crippen LogP contribution < -0.4 is 5.32 Å². The van der Waals surface area contributed by atoms with Crippen LogP contribution >= 0.6 is 23.1 Å². The highest BCUT2D eigenvalue weighted by atomic mass is 32.2. The quantitative estimate of drug-likeness (QED) is 0.353. The molecular weight excluding hydrogens is 344 g/mol. The lowest BCUT2D eigenvalue weighted by Gasteiger charge is -1.95. The first-order valence-electron chi connectivity index (χ1n) is 7.39. The molecular formula is C15H16N6OS2. The molecule has 0 atom stereocenters. The maximum absolute atomic E-state index is 5.28. The van der Waals surface area contributed by atoms with Crippen molar-refractivity contribution in [2.24, 2.45) is 0 Å². The van der Waals surface area contributed by atoms with Crippen LogP contribution in [0.5, 0.6) is 0 Å². The Hall–Kier alpha value is -2.26. The molecule has 1 N–H and O–H groups in total. The lowest BCUT2D eigenvalue weighted by molar-refractivity contribution is 0.378. The molecule has 7 nitrogen and oxygen atoms in total. The van der Waals surface area contributed by atoms with Crippen molar-refractivity contribution in [1.82, 2.24) is 25.3 Å². The first-order chi connectivity index (χ1) is 11.8. The third kappa shape index (κ3) is 4.62. The number of pyridine rings is 1. The molecule has 0 fully saturated rings. The van der Waals surface area contributed by atoms with Crippen molar-refractivity contribution in [2.45, 2.75) is 17.2 Å². The Balaban J connectivity index is 1.43. The number of rotatable bonds is 9. The van der Waals surface area contributed by atoms with E-state index >= 15 is 0 Å². The van der Waals surface area contributed by atoms with Crippen LogP contribution in [0.25, 0.3) is 11.4 Å². The number of aromatic nitrogens is 5. The van der Waals surface area contributed by atoms with Gasteiger partial charge in [0.1, 0.15) is 0 Å². The molecule has 0 aromatic carbocycles. The highest BCUT2D eigenvalue weighted by Gasteiger charge is 2.09. The molecule has 3 heterocycles. The van der Waals surface area contributed by atoms with Crippen LogP contribution in [0.2, 0.25) is 0 Å². The molecule has 9 heteroatoms. The Bertz CT molecular complexity index is 773. The molecule has 3 aromatic rings. The standard InChI is InChI=1S/C15H16N6OS2/c1-2-7-17-14-19-20-15(24-14)23-10-3-4-12-18-13(21-22-12)11-5-8-16-9-6-11/h2,5-6,8-9H,1,3-4,7,10H2,(H,17,19). The summed E-state index contributed by atoms with van der Waals surface area (Å²) >= 11 is 3.22. The molecule has 0 radical (unpaired) electrons. The summed E-state index contributed by atoms with van der Waals surface area (Å²) in [6, 6.07) is 3.72. The second-order valence-electron chi connectivity index (χ2n) is 4.74. The summed E-state index contributed by atoms with van der Waals surface area (Å²) in [7, 11) is 0. The van der Waals surface area contributed by atoms with E-state index in [1.54, 1.807) is 41.6 Å². The predicted molar refractivity (Wildman–Crippen MR) is 95.2 cm³/mol. The van der Waals surface area contributed by atoms with E-state index in [9.17, 15) is 0 Å². The fourth-order valence-corrected chi connectivity index (χ4v) is 3.63. The Morgan fingerprint density at radius 2 is 2.17 bits per heavy atom. The molecule has 3 aromatic heterocycles. The van der Waals surface area contributed by atoms with E-state index in [0.717, 1.165) is 33.6 Å². The predicted octanol–water partition coefficient (Wildman–Crippen LogP) is 3.31. The summed E-state index contributed by atoms with van der Waals surface area (Å²) in [5.74, 6) is 2.17. The zero-order valence-corrected chi connectivity index (χ0v) is 14.5. The van der Waals surface area contributed by atoms with Crippen molar-refractivity contribution >= 4 is 28.2 Å². The van der Waals surface area contributed by atoms with Gasteiger partial charge in [-0.1, -0.05) is 34.3 Å². The topological polar surface area (TPSA) is 89.6 Å². The van der Waals surface area contributed by atoms with Gasteiger partial charge in [0.05, 0.1) is 0 Å². The Morgan fingerprint density at radius 1 is 1.29 bits per heavy atom. The fraction of sp³-hybridized carbons (Fsp3) is 0.267. The van der Waals surface area contributed by atoms with Crippen molar-refractivity contribution in [2.75, 3.05) is 17.6 Å². The van der Waals surface area contributed by atoms with Crippen molar-refractivity contribution in [1.29, 1.82) is 0 Å². The van der Waals surface area contributed by atoms with Crippen LogP contribution in [0.4, 0.5) is 5.13 Å². The summed E-state index contributed by atoms with van der Waals surface area (Å²) in [5.41, 5.74) is 0.905.